The van der Waals surface area contributed by atoms with E-state index >= 15 is 0 Å². The highest BCUT2D eigenvalue weighted by molar-refractivity contribution is 6.02. The van der Waals surface area contributed by atoms with Crippen molar-refractivity contribution in [3.05, 3.63) is 35.7 Å². The molecule has 4 heteroatoms. The molecule has 1 heterocycles. The Hall–Kier alpha value is -1.97. The molecule has 0 aliphatic heterocycles. The summed E-state index contributed by atoms with van der Waals surface area (Å²) < 4.78 is 4.94. The summed E-state index contributed by atoms with van der Waals surface area (Å²) in [6.07, 6.45) is 0. The van der Waals surface area contributed by atoms with Crippen LogP contribution in [0.1, 0.15) is 30.1 Å². The lowest BCUT2D eigenvalue weighted by atomic mass is 9.96. The van der Waals surface area contributed by atoms with Crippen molar-refractivity contribution >= 4 is 5.78 Å². The second-order valence-electron chi connectivity index (χ2n) is 4.20. The Balaban J connectivity index is 2.51. The van der Waals surface area contributed by atoms with Crippen LogP contribution in [0.2, 0.25) is 0 Å². The van der Waals surface area contributed by atoms with Gasteiger partial charge in [-0.05, 0) is 0 Å². The summed E-state index contributed by atoms with van der Waals surface area (Å²) >= 11 is 0. The van der Waals surface area contributed by atoms with Crippen LogP contribution in [0.3, 0.4) is 0 Å². The molecule has 2 rings (SSSR count). The number of carbonyl (C=O) groups excluding carboxylic acids is 1. The van der Waals surface area contributed by atoms with Crippen molar-refractivity contribution in [3.63, 3.8) is 0 Å². The summed E-state index contributed by atoms with van der Waals surface area (Å²) in [6.45, 7) is 5.48. The van der Waals surface area contributed by atoms with Crippen molar-refractivity contribution in [2.45, 2.75) is 20.8 Å². The highest BCUT2D eigenvalue weighted by atomic mass is 16.5. The topological polar surface area (TPSA) is 56.0 Å². The van der Waals surface area contributed by atoms with E-state index in [0.717, 1.165) is 5.56 Å². The zero-order valence-electron chi connectivity index (χ0n) is 10.1. The lowest BCUT2D eigenvalue weighted by Crippen LogP contribution is -2.09. The van der Waals surface area contributed by atoms with Gasteiger partial charge >= 0.3 is 0 Å². The van der Waals surface area contributed by atoms with Gasteiger partial charge in [0.1, 0.15) is 0 Å². The van der Waals surface area contributed by atoms with Gasteiger partial charge in [0, 0.05) is 24.0 Å². The summed E-state index contributed by atoms with van der Waals surface area (Å²) in [7, 11) is 0. The van der Waals surface area contributed by atoms with E-state index in [2.05, 4.69) is 10.1 Å². The molecule has 4 nitrogen and oxygen atoms in total. The minimum absolute atomic E-state index is 0.0517. The molecule has 0 saturated carbocycles. The highest BCUT2D eigenvalue weighted by Crippen LogP contribution is 2.23. The third kappa shape index (κ3) is 2.25. The van der Waals surface area contributed by atoms with E-state index in [1.165, 1.54) is 0 Å². The van der Waals surface area contributed by atoms with Crippen molar-refractivity contribution in [3.8, 4) is 11.4 Å². The lowest BCUT2D eigenvalue weighted by molar-refractivity contribution is 0.0940. The molecule has 0 radical (unpaired) electrons. The molecule has 0 fully saturated rings. The second-order valence-corrected chi connectivity index (χ2v) is 4.20. The summed E-state index contributed by atoms with van der Waals surface area (Å²) in [5.74, 6) is 0.992. The van der Waals surface area contributed by atoms with Crippen molar-refractivity contribution < 1.29 is 9.32 Å². The Morgan fingerprint density at radius 3 is 2.59 bits per heavy atom. The molecule has 17 heavy (non-hydrogen) atoms. The predicted octanol–water partition coefficient (Wildman–Crippen LogP) is 2.88. The van der Waals surface area contributed by atoms with E-state index in [9.17, 15) is 4.79 Å². The predicted molar refractivity (Wildman–Crippen MR) is 63.6 cm³/mol. The zero-order valence-corrected chi connectivity index (χ0v) is 10.1. The summed E-state index contributed by atoms with van der Waals surface area (Å²) in [6, 6.07) is 7.33. The minimum Gasteiger partial charge on any atom is -0.339 e. The Bertz CT molecular complexity index is 544. The Kier molecular flexibility index (Phi) is 3.04. The Morgan fingerprint density at radius 1 is 1.29 bits per heavy atom. The van der Waals surface area contributed by atoms with Gasteiger partial charge in [-0.25, -0.2) is 0 Å². The third-order valence-electron chi connectivity index (χ3n) is 2.49. The molecule has 88 valence electrons. The van der Waals surface area contributed by atoms with Gasteiger partial charge in [0.05, 0.1) is 0 Å². The summed E-state index contributed by atoms with van der Waals surface area (Å²) in [4.78, 5) is 16.2. The number of benzene rings is 1. The maximum Gasteiger partial charge on any atom is 0.223 e. The molecule has 0 amide bonds. The highest BCUT2D eigenvalue weighted by Gasteiger charge is 2.17. The van der Waals surface area contributed by atoms with Gasteiger partial charge in [-0.1, -0.05) is 43.3 Å². The molecule has 0 unspecified atom stereocenters. The monoisotopic (exact) mass is 230 g/mol. The molecular formula is C13H14N2O2. The van der Waals surface area contributed by atoms with E-state index < -0.39 is 0 Å². The standard InChI is InChI=1S/C13H14N2O2/c1-8(2)12(16)10-6-4-5-7-11(10)13-14-9(3)17-15-13/h4-8H,1-3H3. The Labute approximate surface area is 99.7 Å². The van der Waals surface area contributed by atoms with Crippen molar-refractivity contribution in [1.82, 2.24) is 10.1 Å². The van der Waals surface area contributed by atoms with Gasteiger partial charge in [-0.15, -0.1) is 0 Å². The fraction of sp³-hybridized carbons (Fsp3) is 0.308. The minimum atomic E-state index is -0.0517. The van der Waals surface area contributed by atoms with Crippen LogP contribution >= 0.6 is 0 Å². The van der Waals surface area contributed by atoms with Gasteiger partial charge in [-0.2, -0.15) is 4.98 Å². The number of carbonyl (C=O) groups is 1. The van der Waals surface area contributed by atoms with Crippen molar-refractivity contribution in [1.29, 1.82) is 0 Å². The van der Waals surface area contributed by atoms with Crippen LogP contribution in [-0.2, 0) is 0 Å². The average molecular weight is 230 g/mol. The number of Topliss-reactive ketones (excluding diaryl/α,β-unsaturated/α-hetero) is 1. The second kappa shape index (κ2) is 4.49. The van der Waals surface area contributed by atoms with Crippen molar-refractivity contribution in [2.75, 3.05) is 0 Å². The average Bonchev–Trinajstić information content (AvgIpc) is 2.74. The van der Waals surface area contributed by atoms with Crippen LogP contribution in [0.15, 0.2) is 28.8 Å². The largest absolute Gasteiger partial charge is 0.339 e. The first-order valence-corrected chi connectivity index (χ1v) is 5.53. The zero-order chi connectivity index (χ0) is 12.4. The van der Waals surface area contributed by atoms with Gasteiger partial charge in [-0.3, -0.25) is 4.79 Å². The normalized spacial score (nSPS) is 10.8. The number of nitrogens with zero attached hydrogens (tertiary/aromatic N) is 2. The number of aryl methyl sites for hydroxylation is 1. The van der Waals surface area contributed by atoms with Crippen LogP contribution in [-0.4, -0.2) is 15.9 Å². The summed E-state index contributed by atoms with van der Waals surface area (Å²) in [5, 5.41) is 3.85. The van der Waals surface area contributed by atoms with Gasteiger partial charge in [0.15, 0.2) is 5.78 Å². The van der Waals surface area contributed by atoms with E-state index in [1.54, 1.807) is 13.0 Å². The first kappa shape index (κ1) is 11.5. The quantitative estimate of drug-likeness (QED) is 0.761. The molecular weight excluding hydrogens is 216 g/mol. The van der Waals surface area contributed by atoms with Crippen LogP contribution in [0.25, 0.3) is 11.4 Å². The van der Waals surface area contributed by atoms with Crippen molar-refractivity contribution in [2.24, 2.45) is 5.92 Å². The molecule has 0 aliphatic rings. The molecule has 1 aromatic carbocycles. The fourth-order valence-electron chi connectivity index (χ4n) is 1.61. The van der Waals surface area contributed by atoms with Crippen LogP contribution in [0, 0.1) is 12.8 Å². The SMILES string of the molecule is Cc1nc(-c2ccccc2C(=O)C(C)C)no1. The molecule has 2 aromatic rings. The van der Waals surface area contributed by atoms with Gasteiger partial charge in [0.25, 0.3) is 0 Å². The maximum absolute atomic E-state index is 12.1. The molecule has 0 spiro atoms. The van der Waals surface area contributed by atoms with E-state index in [4.69, 9.17) is 4.52 Å². The third-order valence-corrected chi connectivity index (χ3v) is 2.49. The molecule has 1 aromatic heterocycles. The Morgan fingerprint density at radius 2 is 2.00 bits per heavy atom. The number of aromatic nitrogens is 2. The molecule has 0 atom stereocenters. The van der Waals surface area contributed by atoms with Gasteiger partial charge in [0.2, 0.25) is 11.7 Å². The lowest BCUT2D eigenvalue weighted by Gasteiger charge is -2.07. The first-order chi connectivity index (χ1) is 8.09. The fourth-order valence-corrected chi connectivity index (χ4v) is 1.61. The van der Waals surface area contributed by atoms with E-state index in [1.807, 2.05) is 32.0 Å². The molecule has 0 bridgehead atoms. The number of hydrogen-bond donors (Lipinski definition) is 0. The van der Waals surface area contributed by atoms with E-state index in [0.29, 0.717) is 17.3 Å². The van der Waals surface area contributed by atoms with E-state index in [-0.39, 0.29) is 11.7 Å². The number of rotatable bonds is 3. The van der Waals surface area contributed by atoms with Crippen LogP contribution in [0.4, 0.5) is 0 Å². The maximum atomic E-state index is 12.1. The summed E-state index contributed by atoms with van der Waals surface area (Å²) in [5.41, 5.74) is 1.37. The van der Waals surface area contributed by atoms with Crippen LogP contribution < -0.4 is 0 Å². The number of hydrogen-bond acceptors (Lipinski definition) is 4. The molecule has 0 saturated heterocycles. The number of ketones is 1. The first-order valence-electron chi connectivity index (χ1n) is 5.53. The smallest absolute Gasteiger partial charge is 0.223 e. The van der Waals surface area contributed by atoms with Crippen LogP contribution in [0.5, 0.6) is 0 Å². The molecule has 0 N–H and O–H groups in total. The molecule has 0 aliphatic carbocycles. The van der Waals surface area contributed by atoms with Gasteiger partial charge < -0.3 is 4.52 Å².